The maximum atomic E-state index is 10.1. The third kappa shape index (κ3) is 1.39. The Bertz CT molecular complexity index is 288. The summed E-state index contributed by atoms with van der Waals surface area (Å²) < 4.78 is 0.755. The molecule has 0 spiro atoms. The zero-order valence-electron chi connectivity index (χ0n) is 6.88. The molecule has 66 valence electrons. The molecule has 0 saturated heterocycles. The van der Waals surface area contributed by atoms with E-state index in [1.807, 2.05) is 19.1 Å². The monoisotopic (exact) mass is 202 g/mol. The Hall–Kier alpha value is -0.0500. The molecule has 1 fully saturated rings. The van der Waals surface area contributed by atoms with Crippen LogP contribution in [0.5, 0.6) is 0 Å². The predicted molar refractivity (Wildman–Crippen MR) is 51.6 cm³/mol. The maximum Gasteiger partial charge on any atom is 0.0988 e. The van der Waals surface area contributed by atoms with E-state index in [2.05, 4.69) is 0 Å². The van der Waals surface area contributed by atoms with Crippen molar-refractivity contribution in [2.45, 2.75) is 25.4 Å². The Morgan fingerprint density at radius 3 is 2.67 bits per heavy atom. The van der Waals surface area contributed by atoms with E-state index in [1.165, 1.54) is 11.3 Å². The lowest BCUT2D eigenvalue weighted by atomic mass is 9.99. The van der Waals surface area contributed by atoms with Crippen LogP contribution in [0, 0.1) is 5.92 Å². The minimum Gasteiger partial charge on any atom is -0.384 e. The minimum absolute atomic E-state index is 0.451. The summed E-state index contributed by atoms with van der Waals surface area (Å²) in [7, 11) is 0. The normalized spacial score (nSPS) is 22.2. The third-order valence-electron chi connectivity index (χ3n) is 2.44. The molecular formula is C9H11ClOS. The van der Waals surface area contributed by atoms with Crippen LogP contribution >= 0.6 is 22.9 Å². The Morgan fingerprint density at radius 1 is 1.58 bits per heavy atom. The number of rotatable bonds is 2. The van der Waals surface area contributed by atoms with Gasteiger partial charge in [-0.3, -0.25) is 0 Å². The predicted octanol–water partition coefficient (Wildman–Crippen LogP) is 3.02. The van der Waals surface area contributed by atoms with E-state index in [9.17, 15) is 5.11 Å². The van der Waals surface area contributed by atoms with Gasteiger partial charge in [0.25, 0.3) is 0 Å². The van der Waals surface area contributed by atoms with Gasteiger partial charge in [0.2, 0.25) is 0 Å². The average molecular weight is 203 g/mol. The van der Waals surface area contributed by atoms with Crippen LogP contribution in [0.25, 0.3) is 0 Å². The highest BCUT2D eigenvalue weighted by atomic mass is 35.5. The Morgan fingerprint density at radius 2 is 2.25 bits per heavy atom. The van der Waals surface area contributed by atoms with Gasteiger partial charge in [-0.05, 0) is 37.8 Å². The quantitative estimate of drug-likeness (QED) is 0.782. The summed E-state index contributed by atoms with van der Waals surface area (Å²) in [5.74, 6) is 0.451. The fraction of sp³-hybridized carbons (Fsp3) is 0.556. The zero-order valence-corrected chi connectivity index (χ0v) is 8.45. The fourth-order valence-electron chi connectivity index (χ4n) is 1.43. The van der Waals surface area contributed by atoms with Crippen LogP contribution in [0.15, 0.2) is 12.1 Å². The second kappa shape index (κ2) is 2.72. The van der Waals surface area contributed by atoms with Crippen LogP contribution in [0.4, 0.5) is 0 Å². The van der Waals surface area contributed by atoms with Crippen molar-refractivity contribution in [2.75, 3.05) is 0 Å². The molecule has 1 N–H and O–H groups in total. The molecule has 1 nitrogen and oxygen atoms in total. The van der Waals surface area contributed by atoms with Gasteiger partial charge in [-0.1, -0.05) is 11.6 Å². The van der Waals surface area contributed by atoms with E-state index in [0.717, 1.165) is 22.1 Å². The molecule has 1 heterocycles. The van der Waals surface area contributed by atoms with Gasteiger partial charge >= 0.3 is 0 Å². The average Bonchev–Trinajstić information content (AvgIpc) is 2.75. The molecular weight excluding hydrogens is 192 g/mol. The van der Waals surface area contributed by atoms with Crippen molar-refractivity contribution < 1.29 is 5.11 Å². The fourth-order valence-corrected chi connectivity index (χ4v) is 2.60. The van der Waals surface area contributed by atoms with Gasteiger partial charge in [0.1, 0.15) is 0 Å². The molecule has 1 atom stereocenters. The molecule has 1 saturated carbocycles. The lowest BCUT2D eigenvalue weighted by Gasteiger charge is -2.20. The van der Waals surface area contributed by atoms with E-state index in [4.69, 9.17) is 11.6 Å². The molecule has 3 heteroatoms. The molecule has 1 aliphatic carbocycles. The van der Waals surface area contributed by atoms with E-state index in [0.29, 0.717) is 5.92 Å². The van der Waals surface area contributed by atoms with Crippen molar-refractivity contribution in [1.29, 1.82) is 0 Å². The molecule has 0 radical (unpaired) electrons. The van der Waals surface area contributed by atoms with Crippen molar-refractivity contribution in [3.8, 4) is 0 Å². The van der Waals surface area contributed by atoms with Crippen LogP contribution in [0.1, 0.15) is 24.6 Å². The highest BCUT2D eigenvalue weighted by Gasteiger charge is 2.41. The van der Waals surface area contributed by atoms with E-state index in [-0.39, 0.29) is 0 Å². The van der Waals surface area contributed by atoms with Crippen molar-refractivity contribution >= 4 is 22.9 Å². The molecule has 1 aromatic rings. The first-order valence-corrected chi connectivity index (χ1v) is 5.28. The summed E-state index contributed by atoms with van der Waals surface area (Å²) >= 11 is 7.28. The van der Waals surface area contributed by atoms with Crippen molar-refractivity contribution in [3.63, 3.8) is 0 Å². The first kappa shape index (κ1) is 8.54. The van der Waals surface area contributed by atoms with Gasteiger partial charge in [0, 0.05) is 4.88 Å². The number of aliphatic hydroxyl groups is 1. The second-order valence-electron chi connectivity index (χ2n) is 3.53. The highest BCUT2D eigenvalue weighted by molar-refractivity contribution is 7.16. The molecule has 1 aliphatic rings. The van der Waals surface area contributed by atoms with Gasteiger partial charge in [0.05, 0.1) is 9.94 Å². The van der Waals surface area contributed by atoms with Crippen molar-refractivity contribution in [2.24, 2.45) is 5.92 Å². The topological polar surface area (TPSA) is 20.2 Å². The standard InChI is InChI=1S/C9H11ClOS/c1-9(11,6-2-3-6)7-4-5-8(10)12-7/h4-6,11H,2-3H2,1H3/t9-/m1/s1. The lowest BCUT2D eigenvalue weighted by molar-refractivity contribution is 0.0368. The first-order chi connectivity index (χ1) is 5.60. The summed E-state index contributed by atoms with van der Waals surface area (Å²) in [5.41, 5.74) is -0.641. The summed E-state index contributed by atoms with van der Waals surface area (Å²) in [6.45, 7) is 1.88. The lowest BCUT2D eigenvalue weighted by Crippen LogP contribution is -2.21. The van der Waals surface area contributed by atoms with Gasteiger partial charge < -0.3 is 5.11 Å². The molecule has 0 unspecified atom stereocenters. The maximum absolute atomic E-state index is 10.1. The molecule has 1 aromatic heterocycles. The smallest absolute Gasteiger partial charge is 0.0988 e. The largest absolute Gasteiger partial charge is 0.384 e. The number of hydrogen-bond donors (Lipinski definition) is 1. The molecule has 0 amide bonds. The van der Waals surface area contributed by atoms with E-state index >= 15 is 0 Å². The molecule has 2 rings (SSSR count). The van der Waals surface area contributed by atoms with Crippen molar-refractivity contribution in [3.05, 3.63) is 21.3 Å². The van der Waals surface area contributed by atoms with Crippen LogP contribution in [-0.4, -0.2) is 5.11 Å². The summed E-state index contributed by atoms with van der Waals surface area (Å²) in [6, 6.07) is 3.77. The molecule has 12 heavy (non-hydrogen) atoms. The van der Waals surface area contributed by atoms with Crippen LogP contribution in [0.2, 0.25) is 4.34 Å². The SMILES string of the molecule is C[C@](O)(c1ccc(Cl)s1)C1CC1. The molecule has 0 aliphatic heterocycles. The first-order valence-electron chi connectivity index (χ1n) is 4.09. The summed E-state index contributed by atoms with van der Waals surface area (Å²) in [4.78, 5) is 0.995. The van der Waals surface area contributed by atoms with Gasteiger partial charge in [0.15, 0.2) is 0 Å². The zero-order chi connectivity index (χ0) is 8.77. The van der Waals surface area contributed by atoms with Crippen LogP contribution in [0.3, 0.4) is 0 Å². The Balaban J connectivity index is 2.27. The van der Waals surface area contributed by atoms with Crippen LogP contribution < -0.4 is 0 Å². The number of halogens is 1. The second-order valence-corrected chi connectivity index (χ2v) is 5.24. The third-order valence-corrected chi connectivity index (χ3v) is 3.90. The van der Waals surface area contributed by atoms with Crippen LogP contribution in [-0.2, 0) is 5.60 Å². The Kier molecular flexibility index (Phi) is 1.94. The van der Waals surface area contributed by atoms with Gasteiger partial charge in [-0.2, -0.15) is 0 Å². The minimum atomic E-state index is -0.641. The van der Waals surface area contributed by atoms with Gasteiger partial charge in [-0.25, -0.2) is 0 Å². The van der Waals surface area contributed by atoms with Gasteiger partial charge in [-0.15, -0.1) is 11.3 Å². The highest BCUT2D eigenvalue weighted by Crippen LogP contribution is 2.47. The number of thiophene rings is 1. The summed E-state index contributed by atoms with van der Waals surface area (Å²) in [5, 5.41) is 10.1. The van der Waals surface area contributed by atoms with E-state index < -0.39 is 5.60 Å². The summed E-state index contributed by atoms with van der Waals surface area (Å²) in [6.07, 6.45) is 2.28. The Labute approximate surface area is 81.0 Å². The molecule has 0 bridgehead atoms. The number of hydrogen-bond acceptors (Lipinski definition) is 2. The van der Waals surface area contributed by atoms with Crippen molar-refractivity contribution in [1.82, 2.24) is 0 Å². The molecule has 0 aromatic carbocycles. The van der Waals surface area contributed by atoms with E-state index in [1.54, 1.807) is 0 Å².